The zero-order valence-electron chi connectivity index (χ0n) is 12.2. The summed E-state index contributed by atoms with van der Waals surface area (Å²) in [5.41, 5.74) is 1.94. The van der Waals surface area contributed by atoms with Gasteiger partial charge in [0.2, 0.25) is 0 Å². The summed E-state index contributed by atoms with van der Waals surface area (Å²) >= 11 is 9.41. The zero-order valence-corrected chi connectivity index (χ0v) is 14.6. The third kappa shape index (κ3) is 3.41. The number of imidazole rings is 1. The minimum atomic E-state index is 0.595. The molecular formula is C15H20BrClN4. The molecule has 0 amide bonds. The molecule has 3 rings (SSSR count). The largest absolute Gasteiger partial charge is 0.312 e. The molecule has 0 unspecified atom stereocenters. The van der Waals surface area contributed by atoms with Gasteiger partial charge in [-0.05, 0) is 60.9 Å². The third-order valence-corrected chi connectivity index (χ3v) is 4.85. The van der Waals surface area contributed by atoms with Crippen molar-refractivity contribution in [3.8, 4) is 0 Å². The van der Waals surface area contributed by atoms with E-state index in [9.17, 15) is 0 Å². The molecule has 2 aromatic rings. The Bertz CT molecular complexity index is 619. The maximum Gasteiger partial charge on any atom is 0.160 e. The molecule has 0 aliphatic carbocycles. The number of likely N-dealkylation sites (tertiary alicyclic amines) is 1. The number of hydrogen-bond acceptors (Lipinski definition) is 3. The first-order valence-corrected chi connectivity index (χ1v) is 8.75. The van der Waals surface area contributed by atoms with Gasteiger partial charge in [-0.2, -0.15) is 0 Å². The van der Waals surface area contributed by atoms with E-state index in [1.54, 1.807) is 0 Å². The molecule has 0 bridgehead atoms. The molecular weight excluding hydrogens is 352 g/mol. The van der Waals surface area contributed by atoms with E-state index in [0.29, 0.717) is 11.8 Å². The van der Waals surface area contributed by atoms with E-state index < -0.39 is 0 Å². The summed E-state index contributed by atoms with van der Waals surface area (Å²) in [6.07, 6.45) is 5.13. The normalized spacial score (nSPS) is 17.7. The van der Waals surface area contributed by atoms with Crippen molar-refractivity contribution in [2.24, 2.45) is 5.92 Å². The highest BCUT2D eigenvalue weighted by Crippen LogP contribution is 2.24. The van der Waals surface area contributed by atoms with E-state index in [1.807, 2.05) is 12.3 Å². The van der Waals surface area contributed by atoms with Crippen LogP contribution in [0.25, 0.3) is 11.2 Å². The van der Waals surface area contributed by atoms with Crippen LogP contribution < -0.4 is 0 Å². The van der Waals surface area contributed by atoms with Crippen molar-refractivity contribution in [1.82, 2.24) is 19.4 Å². The summed E-state index contributed by atoms with van der Waals surface area (Å²) in [5, 5.41) is 0. The maximum absolute atomic E-state index is 5.94. The lowest BCUT2D eigenvalue weighted by Crippen LogP contribution is -2.32. The topological polar surface area (TPSA) is 34.0 Å². The van der Waals surface area contributed by atoms with Gasteiger partial charge in [-0.15, -0.1) is 11.6 Å². The first kappa shape index (κ1) is 15.3. The molecule has 0 saturated carbocycles. The van der Waals surface area contributed by atoms with Crippen LogP contribution in [0.1, 0.15) is 18.7 Å². The van der Waals surface area contributed by atoms with Crippen molar-refractivity contribution in [2.75, 3.05) is 26.0 Å². The van der Waals surface area contributed by atoms with Gasteiger partial charge in [0.1, 0.15) is 11.3 Å². The van der Waals surface area contributed by atoms with Crippen molar-refractivity contribution in [3.05, 3.63) is 22.6 Å². The number of piperidine rings is 1. The van der Waals surface area contributed by atoms with Gasteiger partial charge in [0.15, 0.2) is 5.65 Å². The van der Waals surface area contributed by atoms with Crippen molar-refractivity contribution in [2.45, 2.75) is 25.8 Å². The summed E-state index contributed by atoms with van der Waals surface area (Å²) in [4.78, 5) is 11.7. The fraction of sp³-hybridized carbons (Fsp3) is 0.600. The second-order valence-corrected chi connectivity index (χ2v) is 7.11. The Morgan fingerprint density at radius 3 is 2.86 bits per heavy atom. The maximum atomic E-state index is 5.94. The van der Waals surface area contributed by atoms with Gasteiger partial charge in [0.25, 0.3) is 0 Å². The Kier molecular flexibility index (Phi) is 4.82. The summed E-state index contributed by atoms with van der Waals surface area (Å²) in [5.74, 6) is 2.36. The summed E-state index contributed by atoms with van der Waals surface area (Å²) in [7, 11) is 2.20. The number of rotatable bonds is 4. The van der Waals surface area contributed by atoms with Crippen molar-refractivity contribution in [3.63, 3.8) is 0 Å². The minimum absolute atomic E-state index is 0.595. The Balaban J connectivity index is 1.89. The molecule has 0 radical (unpaired) electrons. The molecule has 3 heterocycles. The molecule has 1 aliphatic rings. The Hall–Kier alpha value is -0.650. The Morgan fingerprint density at radius 1 is 1.38 bits per heavy atom. The van der Waals surface area contributed by atoms with Crippen molar-refractivity contribution < 1.29 is 0 Å². The van der Waals surface area contributed by atoms with Crippen LogP contribution in [-0.4, -0.2) is 45.5 Å². The van der Waals surface area contributed by atoms with Gasteiger partial charge >= 0.3 is 0 Å². The van der Waals surface area contributed by atoms with Crippen LogP contribution >= 0.6 is 27.5 Å². The van der Waals surface area contributed by atoms with E-state index in [0.717, 1.165) is 34.4 Å². The monoisotopic (exact) mass is 370 g/mol. The molecule has 0 N–H and O–H groups in total. The minimum Gasteiger partial charge on any atom is -0.312 e. The predicted octanol–water partition coefficient (Wildman–Crippen LogP) is 3.32. The molecule has 0 aromatic carbocycles. The van der Waals surface area contributed by atoms with Gasteiger partial charge in [-0.1, -0.05) is 0 Å². The number of fused-ring (bicyclic) bond motifs is 1. The molecule has 1 fully saturated rings. The van der Waals surface area contributed by atoms with Crippen LogP contribution in [0.3, 0.4) is 0 Å². The SMILES string of the molecule is CN1CCC(Cn2c(CCCl)nc3cc(Br)cnc32)CC1. The molecule has 114 valence electrons. The highest BCUT2D eigenvalue weighted by molar-refractivity contribution is 9.10. The van der Waals surface area contributed by atoms with Crippen LogP contribution in [0.15, 0.2) is 16.7 Å². The van der Waals surface area contributed by atoms with Crippen LogP contribution in [-0.2, 0) is 13.0 Å². The average Bonchev–Trinajstić information content (AvgIpc) is 2.79. The van der Waals surface area contributed by atoms with Gasteiger partial charge < -0.3 is 9.47 Å². The number of nitrogens with zero attached hydrogens (tertiary/aromatic N) is 4. The van der Waals surface area contributed by atoms with Crippen LogP contribution in [0.5, 0.6) is 0 Å². The van der Waals surface area contributed by atoms with E-state index in [-0.39, 0.29) is 0 Å². The molecule has 21 heavy (non-hydrogen) atoms. The Morgan fingerprint density at radius 2 is 2.14 bits per heavy atom. The summed E-state index contributed by atoms with van der Waals surface area (Å²) < 4.78 is 3.25. The highest BCUT2D eigenvalue weighted by atomic mass is 79.9. The fourth-order valence-electron chi connectivity index (χ4n) is 3.00. The number of hydrogen-bond donors (Lipinski definition) is 0. The lowest BCUT2D eigenvalue weighted by Gasteiger charge is -2.29. The third-order valence-electron chi connectivity index (χ3n) is 4.23. The molecule has 1 aliphatic heterocycles. The van der Waals surface area contributed by atoms with Gasteiger partial charge in [0.05, 0.1) is 0 Å². The molecule has 2 aromatic heterocycles. The average molecular weight is 372 g/mol. The van der Waals surface area contributed by atoms with Gasteiger partial charge in [0, 0.05) is 29.5 Å². The lowest BCUT2D eigenvalue weighted by molar-refractivity contribution is 0.205. The second kappa shape index (κ2) is 6.63. The van der Waals surface area contributed by atoms with Gasteiger partial charge in [-0.25, -0.2) is 9.97 Å². The van der Waals surface area contributed by atoms with Crippen LogP contribution in [0, 0.1) is 5.92 Å². The van der Waals surface area contributed by atoms with E-state index in [2.05, 4.69) is 37.4 Å². The van der Waals surface area contributed by atoms with E-state index in [4.69, 9.17) is 16.6 Å². The number of aryl methyl sites for hydroxylation is 1. The Labute approximate surface area is 138 Å². The lowest BCUT2D eigenvalue weighted by atomic mass is 9.97. The first-order valence-electron chi connectivity index (χ1n) is 7.42. The van der Waals surface area contributed by atoms with Gasteiger partial charge in [-0.3, -0.25) is 0 Å². The zero-order chi connectivity index (χ0) is 14.8. The van der Waals surface area contributed by atoms with Crippen LogP contribution in [0.2, 0.25) is 0 Å². The number of halogens is 2. The van der Waals surface area contributed by atoms with Crippen molar-refractivity contribution in [1.29, 1.82) is 0 Å². The van der Waals surface area contributed by atoms with E-state index in [1.165, 1.54) is 25.9 Å². The summed E-state index contributed by atoms with van der Waals surface area (Å²) in [6, 6.07) is 2.03. The molecule has 4 nitrogen and oxygen atoms in total. The quantitative estimate of drug-likeness (QED) is 0.773. The molecule has 6 heteroatoms. The molecule has 1 saturated heterocycles. The van der Waals surface area contributed by atoms with E-state index >= 15 is 0 Å². The highest BCUT2D eigenvalue weighted by Gasteiger charge is 2.20. The van der Waals surface area contributed by atoms with Crippen LogP contribution in [0.4, 0.5) is 0 Å². The first-order chi connectivity index (χ1) is 10.2. The molecule has 0 spiro atoms. The number of alkyl halides is 1. The van der Waals surface area contributed by atoms with Crippen molar-refractivity contribution >= 4 is 38.7 Å². The smallest absolute Gasteiger partial charge is 0.160 e. The standard InChI is InChI=1S/C15H20BrClN4/c1-20-6-3-11(4-7-20)10-21-14(2-5-17)19-13-8-12(16)9-18-15(13)21/h8-9,11H,2-7,10H2,1H3. The number of pyridine rings is 1. The summed E-state index contributed by atoms with van der Waals surface area (Å²) in [6.45, 7) is 3.37. The molecule has 0 atom stereocenters. The predicted molar refractivity (Wildman–Crippen MR) is 89.9 cm³/mol. The number of aromatic nitrogens is 3. The second-order valence-electron chi connectivity index (χ2n) is 5.82. The fourth-order valence-corrected chi connectivity index (χ4v) is 3.49.